The van der Waals surface area contributed by atoms with E-state index in [0.29, 0.717) is 25.2 Å². The van der Waals surface area contributed by atoms with Crippen LogP contribution in [-0.2, 0) is 14.8 Å². The highest BCUT2D eigenvalue weighted by atomic mass is 32.2. The lowest BCUT2D eigenvalue weighted by atomic mass is 9.95. The molecule has 0 saturated heterocycles. The topological polar surface area (TPSA) is 66.5 Å². The molecule has 0 heterocycles. The molecule has 0 fully saturated rings. The van der Waals surface area contributed by atoms with Crippen molar-refractivity contribution in [3.8, 4) is 0 Å². The monoisotopic (exact) mass is 374 g/mol. The minimum Gasteiger partial charge on any atom is -0.326 e. The van der Waals surface area contributed by atoms with Crippen LogP contribution in [0.1, 0.15) is 38.7 Å². The first-order valence-corrected chi connectivity index (χ1v) is 10.3. The van der Waals surface area contributed by atoms with Gasteiger partial charge in [-0.25, -0.2) is 8.42 Å². The normalized spacial score (nSPS) is 12.8. The van der Waals surface area contributed by atoms with E-state index in [1.807, 2.05) is 37.3 Å². The number of nitrogens with one attached hydrogen (secondary N) is 1. The van der Waals surface area contributed by atoms with Gasteiger partial charge >= 0.3 is 0 Å². The molecule has 5 nitrogen and oxygen atoms in total. The molecule has 140 valence electrons. The fourth-order valence-electron chi connectivity index (χ4n) is 2.93. The van der Waals surface area contributed by atoms with Gasteiger partial charge in [0.2, 0.25) is 15.9 Å². The average molecular weight is 375 g/mol. The first-order chi connectivity index (χ1) is 12.4. The zero-order valence-corrected chi connectivity index (χ0v) is 16.3. The van der Waals surface area contributed by atoms with Crippen molar-refractivity contribution in [3.63, 3.8) is 0 Å². The van der Waals surface area contributed by atoms with E-state index in [2.05, 4.69) is 5.32 Å². The molecule has 1 amide bonds. The number of hydrogen-bond donors (Lipinski definition) is 1. The Kier molecular flexibility index (Phi) is 6.94. The van der Waals surface area contributed by atoms with Gasteiger partial charge in [-0.15, -0.1) is 0 Å². The standard InChI is InChI=1S/C20H26N2O3S/c1-4-19(16-11-8-7-9-12-16)20(23)21-17-13-10-14-18(15-17)26(24,25)22(5-2)6-3/h7-15,19H,4-6H2,1-3H3,(H,21,23). The Morgan fingerprint density at radius 2 is 1.65 bits per heavy atom. The minimum atomic E-state index is -3.56. The summed E-state index contributed by atoms with van der Waals surface area (Å²) in [5.41, 5.74) is 1.43. The Bertz CT molecular complexity index is 831. The SMILES string of the molecule is CCC(C(=O)Nc1cccc(S(=O)(=O)N(CC)CC)c1)c1ccccc1. The molecular weight excluding hydrogens is 348 g/mol. The second kappa shape index (κ2) is 8.96. The van der Waals surface area contributed by atoms with Gasteiger partial charge < -0.3 is 5.32 Å². The third-order valence-electron chi connectivity index (χ3n) is 4.37. The lowest BCUT2D eigenvalue weighted by molar-refractivity contribution is -0.117. The number of benzene rings is 2. The van der Waals surface area contributed by atoms with Gasteiger partial charge in [-0.2, -0.15) is 4.31 Å². The first-order valence-electron chi connectivity index (χ1n) is 8.90. The van der Waals surface area contributed by atoms with Crippen molar-refractivity contribution in [1.29, 1.82) is 0 Å². The Morgan fingerprint density at radius 3 is 2.23 bits per heavy atom. The minimum absolute atomic E-state index is 0.143. The van der Waals surface area contributed by atoms with Crippen molar-refractivity contribution < 1.29 is 13.2 Å². The first kappa shape index (κ1) is 20.1. The van der Waals surface area contributed by atoms with Crippen molar-refractivity contribution in [1.82, 2.24) is 4.31 Å². The van der Waals surface area contributed by atoms with Crippen molar-refractivity contribution in [2.75, 3.05) is 18.4 Å². The summed E-state index contributed by atoms with van der Waals surface area (Å²) in [7, 11) is -3.56. The van der Waals surface area contributed by atoms with Crippen molar-refractivity contribution >= 4 is 21.6 Å². The molecule has 6 heteroatoms. The molecule has 0 saturated carbocycles. The van der Waals surface area contributed by atoms with Crippen LogP contribution in [0, 0.1) is 0 Å². The smallest absolute Gasteiger partial charge is 0.243 e. The summed E-state index contributed by atoms with van der Waals surface area (Å²) in [6.07, 6.45) is 0.660. The number of nitrogens with zero attached hydrogens (tertiary/aromatic N) is 1. The Labute approximate surface area is 156 Å². The number of carbonyl (C=O) groups is 1. The van der Waals surface area contributed by atoms with E-state index in [-0.39, 0.29) is 16.7 Å². The molecule has 0 aliphatic heterocycles. The molecule has 0 aromatic heterocycles. The second-order valence-electron chi connectivity index (χ2n) is 5.98. The van der Waals surface area contributed by atoms with E-state index in [0.717, 1.165) is 5.56 Å². The van der Waals surface area contributed by atoms with E-state index >= 15 is 0 Å². The molecule has 1 atom stereocenters. The highest BCUT2D eigenvalue weighted by Crippen LogP contribution is 2.23. The summed E-state index contributed by atoms with van der Waals surface area (Å²) >= 11 is 0. The fraction of sp³-hybridized carbons (Fsp3) is 0.350. The van der Waals surface area contributed by atoms with Gasteiger partial charge in [-0.3, -0.25) is 4.79 Å². The van der Waals surface area contributed by atoms with Crippen molar-refractivity contribution in [2.45, 2.75) is 38.0 Å². The van der Waals surface area contributed by atoms with Gasteiger partial charge in [0.1, 0.15) is 0 Å². The van der Waals surface area contributed by atoms with Crippen LogP contribution in [0.5, 0.6) is 0 Å². The van der Waals surface area contributed by atoms with Crippen LogP contribution in [0.2, 0.25) is 0 Å². The van der Waals surface area contributed by atoms with Crippen LogP contribution < -0.4 is 5.32 Å². The summed E-state index contributed by atoms with van der Waals surface area (Å²) in [6.45, 7) is 6.37. The zero-order chi connectivity index (χ0) is 19.2. The number of hydrogen-bond acceptors (Lipinski definition) is 3. The molecule has 2 aromatic carbocycles. The van der Waals surface area contributed by atoms with Gasteiger partial charge in [0.15, 0.2) is 0 Å². The third kappa shape index (κ3) is 4.51. The molecule has 0 bridgehead atoms. The predicted octanol–water partition coefficient (Wildman–Crippen LogP) is 3.85. The lowest BCUT2D eigenvalue weighted by Gasteiger charge is -2.19. The Hall–Kier alpha value is -2.18. The maximum absolute atomic E-state index is 12.7. The van der Waals surface area contributed by atoms with Crippen LogP contribution >= 0.6 is 0 Å². The molecule has 26 heavy (non-hydrogen) atoms. The van der Waals surface area contributed by atoms with Gasteiger partial charge in [-0.05, 0) is 30.2 Å². The van der Waals surface area contributed by atoms with E-state index < -0.39 is 10.0 Å². The third-order valence-corrected chi connectivity index (χ3v) is 6.42. The molecular formula is C20H26N2O3S. The quantitative estimate of drug-likeness (QED) is 0.763. The average Bonchev–Trinajstić information content (AvgIpc) is 2.64. The molecule has 1 unspecified atom stereocenters. The molecule has 0 spiro atoms. The highest BCUT2D eigenvalue weighted by molar-refractivity contribution is 7.89. The van der Waals surface area contributed by atoms with Crippen LogP contribution in [0.25, 0.3) is 0 Å². The fourth-order valence-corrected chi connectivity index (χ4v) is 4.44. The molecule has 2 aromatic rings. The van der Waals surface area contributed by atoms with E-state index in [4.69, 9.17) is 0 Å². The number of amides is 1. The Morgan fingerprint density at radius 1 is 1.00 bits per heavy atom. The number of rotatable bonds is 8. The molecule has 2 rings (SSSR count). The van der Waals surface area contributed by atoms with Crippen molar-refractivity contribution in [3.05, 3.63) is 60.2 Å². The van der Waals surface area contributed by atoms with E-state index in [9.17, 15) is 13.2 Å². The highest BCUT2D eigenvalue weighted by Gasteiger charge is 2.23. The summed E-state index contributed by atoms with van der Waals surface area (Å²) in [5, 5.41) is 2.86. The largest absolute Gasteiger partial charge is 0.326 e. The van der Waals surface area contributed by atoms with Gasteiger partial charge in [-0.1, -0.05) is 57.2 Å². The number of sulfonamides is 1. The van der Waals surface area contributed by atoms with Crippen LogP contribution in [0.4, 0.5) is 5.69 Å². The maximum atomic E-state index is 12.7. The number of carbonyl (C=O) groups excluding carboxylic acids is 1. The van der Waals surface area contributed by atoms with Gasteiger partial charge in [0.25, 0.3) is 0 Å². The van der Waals surface area contributed by atoms with Gasteiger partial charge in [0.05, 0.1) is 10.8 Å². The summed E-state index contributed by atoms with van der Waals surface area (Å²) in [5.74, 6) is -0.421. The van der Waals surface area contributed by atoms with E-state index in [1.54, 1.807) is 32.0 Å². The Balaban J connectivity index is 2.24. The lowest BCUT2D eigenvalue weighted by Crippen LogP contribution is -2.30. The maximum Gasteiger partial charge on any atom is 0.243 e. The molecule has 0 aliphatic rings. The summed E-state index contributed by atoms with van der Waals surface area (Å²) in [4.78, 5) is 12.9. The molecule has 0 aliphatic carbocycles. The summed E-state index contributed by atoms with van der Waals surface area (Å²) in [6, 6.07) is 16.0. The second-order valence-corrected chi connectivity index (χ2v) is 7.92. The summed E-state index contributed by atoms with van der Waals surface area (Å²) < 4.78 is 26.7. The van der Waals surface area contributed by atoms with Crippen LogP contribution in [0.15, 0.2) is 59.5 Å². The zero-order valence-electron chi connectivity index (χ0n) is 15.5. The van der Waals surface area contributed by atoms with E-state index in [1.165, 1.54) is 10.4 Å². The van der Waals surface area contributed by atoms with Crippen LogP contribution in [0.3, 0.4) is 0 Å². The molecule has 1 N–H and O–H groups in total. The van der Waals surface area contributed by atoms with Crippen LogP contribution in [-0.4, -0.2) is 31.7 Å². The predicted molar refractivity (Wildman–Crippen MR) is 105 cm³/mol. The van der Waals surface area contributed by atoms with Crippen molar-refractivity contribution in [2.24, 2.45) is 0 Å². The molecule has 0 radical (unpaired) electrons. The van der Waals surface area contributed by atoms with Gasteiger partial charge in [0, 0.05) is 18.8 Å². The number of anilines is 1.